The molecule has 9 nitrogen and oxygen atoms in total. The fraction of sp³-hybridized carbons (Fsp3) is 0.214. The number of nitro benzene ring substituents is 1. The molecule has 1 aliphatic rings. The maximum absolute atomic E-state index is 13.0. The number of aryl methyl sites for hydroxylation is 1. The Hall–Kier alpha value is -4.50. The van der Waals surface area contributed by atoms with E-state index in [-0.39, 0.29) is 30.2 Å². The summed E-state index contributed by atoms with van der Waals surface area (Å²) < 4.78 is 10.9. The van der Waals surface area contributed by atoms with E-state index >= 15 is 0 Å². The quantitative estimate of drug-likeness (QED) is 0.150. The van der Waals surface area contributed by atoms with Crippen LogP contribution in [0.5, 0.6) is 5.75 Å². The van der Waals surface area contributed by atoms with Crippen molar-refractivity contribution in [3.63, 3.8) is 0 Å². The van der Waals surface area contributed by atoms with Crippen LogP contribution >= 0.6 is 0 Å². The van der Waals surface area contributed by atoms with Crippen LogP contribution in [-0.2, 0) is 20.9 Å². The smallest absolute Gasteiger partial charge is 0.295 e. The molecule has 0 spiro atoms. The van der Waals surface area contributed by atoms with Crippen LogP contribution in [0.15, 0.2) is 78.4 Å². The first-order chi connectivity index (χ1) is 17.8. The van der Waals surface area contributed by atoms with Gasteiger partial charge in [0, 0.05) is 31.4 Å². The minimum atomic E-state index is -1.01. The van der Waals surface area contributed by atoms with Gasteiger partial charge in [0.2, 0.25) is 0 Å². The van der Waals surface area contributed by atoms with Gasteiger partial charge in [-0.05, 0) is 42.3 Å². The number of amides is 1. The lowest BCUT2D eigenvalue weighted by molar-refractivity contribution is -0.384. The molecule has 0 aromatic heterocycles. The Morgan fingerprint density at radius 2 is 1.78 bits per heavy atom. The summed E-state index contributed by atoms with van der Waals surface area (Å²) in [6.07, 6.45) is 0. The van der Waals surface area contributed by atoms with Gasteiger partial charge in [-0.15, -0.1) is 0 Å². The number of Topliss-reactive ketones (excluding diaryl/α,β-unsaturated/α-hetero) is 1. The SMILES string of the molecule is COCCN1C(=O)C(=O)/C(=C(\O)c2ccc(OCc3cccc(C)c3)cc2)C1c1cccc([N+](=O)[O-])c1. The number of rotatable bonds is 9. The van der Waals surface area contributed by atoms with Crippen molar-refractivity contribution in [2.75, 3.05) is 20.3 Å². The van der Waals surface area contributed by atoms with Crippen molar-refractivity contribution in [3.05, 3.63) is 111 Å². The summed E-state index contributed by atoms with van der Waals surface area (Å²) in [5, 5.41) is 22.5. The lowest BCUT2D eigenvalue weighted by atomic mass is 9.95. The van der Waals surface area contributed by atoms with E-state index in [0.717, 1.165) is 11.1 Å². The summed E-state index contributed by atoms with van der Waals surface area (Å²) in [6, 6.07) is 19.1. The van der Waals surface area contributed by atoms with E-state index in [9.17, 15) is 24.8 Å². The van der Waals surface area contributed by atoms with Crippen molar-refractivity contribution in [2.45, 2.75) is 19.6 Å². The number of methoxy groups -OCH3 is 1. The molecule has 1 N–H and O–H groups in total. The van der Waals surface area contributed by atoms with Gasteiger partial charge in [-0.3, -0.25) is 19.7 Å². The lowest BCUT2D eigenvalue weighted by Gasteiger charge is -2.25. The van der Waals surface area contributed by atoms with Gasteiger partial charge in [0.25, 0.3) is 17.4 Å². The van der Waals surface area contributed by atoms with E-state index in [1.165, 1.54) is 30.2 Å². The summed E-state index contributed by atoms with van der Waals surface area (Å²) in [6.45, 7) is 2.58. The Kier molecular flexibility index (Phi) is 7.64. The highest BCUT2D eigenvalue weighted by Gasteiger charge is 2.46. The molecule has 0 radical (unpaired) electrons. The number of ketones is 1. The molecule has 9 heteroatoms. The molecule has 1 unspecified atom stereocenters. The molecule has 0 bridgehead atoms. The Morgan fingerprint density at radius 3 is 2.46 bits per heavy atom. The Morgan fingerprint density at radius 1 is 1.05 bits per heavy atom. The second kappa shape index (κ2) is 11.0. The zero-order valence-electron chi connectivity index (χ0n) is 20.4. The third kappa shape index (κ3) is 5.52. The zero-order valence-corrected chi connectivity index (χ0v) is 20.4. The monoisotopic (exact) mass is 502 g/mol. The predicted molar refractivity (Wildman–Crippen MR) is 136 cm³/mol. The van der Waals surface area contributed by atoms with Gasteiger partial charge >= 0.3 is 0 Å². The average Bonchev–Trinajstić information content (AvgIpc) is 3.15. The number of benzene rings is 3. The zero-order chi connectivity index (χ0) is 26.5. The van der Waals surface area contributed by atoms with Crippen molar-refractivity contribution in [3.8, 4) is 5.75 Å². The van der Waals surface area contributed by atoms with Crippen molar-refractivity contribution in [1.29, 1.82) is 0 Å². The molecule has 37 heavy (non-hydrogen) atoms. The number of carbonyl (C=O) groups excluding carboxylic acids is 2. The molecule has 1 heterocycles. The van der Waals surface area contributed by atoms with Crippen LogP contribution in [0.2, 0.25) is 0 Å². The largest absolute Gasteiger partial charge is 0.507 e. The maximum atomic E-state index is 13.0. The molecule has 190 valence electrons. The van der Waals surface area contributed by atoms with Crippen molar-refractivity contribution >= 4 is 23.1 Å². The molecule has 0 saturated carbocycles. The standard InChI is InChI=1S/C28H26N2O7/c1-18-5-3-6-19(15-18)17-37-23-11-9-20(10-12-23)26(31)24-25(21-7-4-8-22(16-21)30(34)35)29(13-14-36-2)28(33)27(24)32/h3-12,15-16,25,31H,13-14,17H2,1-2H3/b26-24-. The highest BCUT2D eigenvalue weighted by molar-refractivity contribution is 6.46. The van der Waals surface area contributed by atoms with Gasteiger partial charge in [-0.1, -0.05) is 42.0 Å². The number of likely N-dealkylation sites (tertiary alicyclic amines) is 1. The van der Waals surface area contributed by atoms with Gasteiger partial charge in [0.05, 0.1) is 23.1 Å². The minimum Gasteiger partial charge on any atom is -0.507 e. The number of hydrogen-bond donors (Lipinski definition) is 1. The van der Waals surface area contributed by atoms with Gasteiger partial charge in [0.1, 0.15) is 18.1 Å². The molecule has 1 atom stereocenters. The van der Waals surface area contributed by atoms with Crippen molar-refractivity contribution in [1.82, 2.24) is 4.90 Å². The molecule has 1 amide bonds. The van der Waals surface area contributed by atoms with Crippen LogP contribution < -0.4 is 4.74 Å². The molecule has 1 aliphatic heterocycles. The number of non-ortho nitro benzene ring substituents is 1. The number of nitro groups is 1. The van der Waals surface area contributed by atoms with Crippen molar-refractivity contribution in [2.24, 2.45) is 0 Å². The molecule has 3 aromatic rings. The van der Waals surface area contributed by atoms with Crippen LogP contribution in [0.4, 0.5) is 5.69 Å². The Bertz CT molecular complexity index is 1360. The fourth-order valence-electron chi connectivity index (χ4n) is 4.29. The van der Waals surface area contributed by atoms with E-state index in [2.05, 4.69) is 0 Å². The third-order valence-corrected chi connectivity index (χ3v) is 6.09. The molecule has 3 aromatic carbocycles. The van der Waals surface area contributed by atoms with E-state index in [1.54, 1.807) is 30.3 Å². The van der Waals surface area contributed by atoms with Gasteiger partial charge in [0.15, 0.2) is 0 Å². The van der Waals surface area contributed by atoms with Crippen LogP contribution in [0.3, 0.4) is 0 Å². The molecular formula is C28H26N2O7. The Balaban J connectivity index is 1.67. The van der Waals surface area contributed by atoms with Gasteiger partial charge in [-0.25, -0.2) is 0 Å². The first-order valence-corrected chi connectivity index (χ1v) is 11.6. The van der Waals surface area contributed by atoms with E-state index < -0.39 is 22.7 Å². The summed E-state index contributed by atoms with van der Waals surface area (Å²) in [7, 11) is 1.46. The first-order valence-electron chi connectivity index (χ1n) is 11.6. The van der Waals surface area contributed by atoms with E-state index in [4.69, 9.17) is 9.47 Å². The first kappa shape index (κ1) is 25.6. The average molecular weight is 503 g/mol. The van der Waals surface area contributed by atoms with Gasteiger partial charge < -0.3 is 19.5 Å². The highest BCUT2D eigenvalue weighted by atomic mass is 16.6. The van der Waals surface area contributed by atoms with Crippen LogP contribution in [0, 0.1) is 17.0 Å². The summed E-state index contributed by atoms with van der Waals surface area (Å²) in [5.41, 5.74) is 2.45. The molecule has 0 aliphatic carbocycles. The summed E-state index contributed by atoms with van der Waals surface area (Å²) >= 11 is 0. The van der Waals surface area contributed by atoms with E-state index in [1.807, 2.05) is 31.2 Å². The lowest BCUT2D eigenvalue weighted by Crippen LogP contribution is -2.32. The highest BCUT2D eigenvalue weighted by Crippen LogP contribution is 2.40. The number of nitrogens with zero attached hydrogens (tertiary/aromatic N) is 2. The second-order valence-corrected chi connectivity index (χ2v) is 8.64. The fourth-order valence-corrected chi connectivity index (χ4v) is 4.29. The third-order valence-electron chi connectivity index (χ3n) is 6.09. The molecule has 1 fully saturated rings. The maximum Gasteiger partial charge on any atom is 0.295 e. The van der Waals surface area contributed by atoms with Crippen molar-refractivity contribution < 1.29 is 29.1 Å². The Labute approximate surface area is 213 Å². The van der Waals surface area contributed by atoms with E-state index in [0.29, 0.717) is 23.5 Å². The number of carbonyl (C=O) groups is 2. The van der Waals surface area contributed by atoms with Crippen LogP contribution in [-0.4, -0.2) is 46.9 Å². The molecule has 4 rings (SSSR count). The normalized spacial score (nSPS) is 16.7. The second-order valence-electron chi connectivity index (χ2n) is 8.64. The molecular weight excluding hydrogens is 476 g/mol. The topological polar surface area (TPSA) is 119 Å². The summed E-state index contributed by atoms with van der Waals surface area (Å²) in [4.78, 5) is 38.0. The summed E-state index contributed by atoms with van der Waals surface area (Å²) in [5.74, 6) is -1.49. The minimum absolute atomic E-state index is 0.0664. The number of ether oxygens (including phenoxy) is 2. The molecule has 1 saturated heterocycles. The number of aliphatic hydroxyl groups is 1. The van der Waals surface area contributed by atoms with Crippen LogP contribution in [0.1, 0.15) is 28.3 Å². The number of aliphatic hydroxyl groups excluding tert-OH is 1. The predicted octanol–water partition coefficient (Wildman–Crippen LogP) is 4.55. The van der Waals surface area contributed by atoms with Crippen LogP contribution in [0.25, 0.3) is 5.76 Å². The van der Waals surface area contributed by atoms with Gasteiger partial charge in [-0.2, -0.15) is 0 Å². The number of hydrogen-bond acceptors (Lipinski definition) is 7.